The van der Waals surface area contributed by atoms with Crippen LogP contribution in [-0.2, 0) is 16.9 Å². The van der Waals surface area contributed by atoms with Crippen LogP contribution < -0.4 is 5.32 Å². The standard InChI is InChI=1S/C19H18N4OS2.C2HF3O2/c24-17-15-16(21-18(26-15)13-4-2-1-3-5-13)19(22-17)6-9-23(10-7-19)12-14-20-8-11-25-14;3-2(4,5)1(6)7/h1-5,8,11H,6-7,9-10,12H2,(H,22,24);(H,6,7). The van der Waals surface area contributed by atoms with E-state index in [2.05, 4.69) is 27.3 Å². The lowest BCUT2D eigenvalue weighted by atomic mass is 9.86. The predicted molar refractivity (Wildman–Crippen MR) is 117 cm³/mol. The molecule has 2 aromatic heterocycles. The fourth-order valence-electron chi connectivity index (χ4n) is 3.81. The van der Waals surface area contributed by atoms with Gasteiger partial charge < -0.3 is 10.4 Å². The zero-order chi connectivity index (χ0) is 23.6. The van der Waals surface area contributed by atoms with Crippen LogP contribution in [0, 0.1) is 0 Å². The van der Waals surface area contributed by atoms with Crippen molar-refractivity contribution >= 4 is 34.6 Å². The van der Waals surface area contributed by atoms with Crippen molar-refractivity contribution in [3.63, 3.8) is 0 Å². The number of fused-ring (bicyclic) bond motifs is 2. The summed E-state index contributed by atoms with van der Waals surface area (Å²) in [6, 6.07) is 10.1. The molecule has 1 spiro atoms. The smallest absolute Gasteiger partial charge is 0.475 e. The molecule has 0 saturated carbocycles. The van der Waals surface area contributed by atoms with E-state index in [0.29, 0.717) is 0 Å². The highest BCUT2D eigenvalue weighted by Gasteiger charge is 2.47. The van der Waals surface area contributed by atoms with E-state index in [4.69, 9.17) is 14.9 Å². The number of aliphatic carboxylic acids is 1. The first-order valence-corrected chi connectivity index (χ1v) is 11.7. The van der Waals surface area contributed by atoms with Crippen LogP contribution in [0.5, 0.6) is 0 Å². The number of carbonyl (C=O) groups is 2. The van der Waals surface area contributed by atoms with E-state index in [9.17, 15) is 18.0 Å². The van der Waals surface area contributed by atoms with Gasteiger partial charge in [0.1, 0.15) is 14.9 Å². The molecule has 2 aliphatic heterocycles. The minimum Gasteiger partial charge on any atom is -0.475 e. The second-order valence-electron chi connectivity index (χ2n) is 7.60. The molecular weight excluding hydrogens is 477 g/mol. The molecule has 174 valence electrons. The molecule has 12 heteroatoms. The van der Waals surface area contributed by atoms with Crippen molar-refractivity contribution in [2.45, 2.75) is 31.1 Å². The van der Waals surface area contributed by atoms with E-state index in [1.807, 2.05) is 29.8 Å². The number of aromatic nitrogens is 2. The maximum absolute atomic E-state index is 12.6. The van der Waals surface area contributed by atoms with Gasteiger partial charge in [0.15, 0.2) is 0 Å². The molecule has 0 aliphatic carbocycles. The molecule has 0 atom stereocenters. The summed E-state index contributed by atoms with van der Waals surface area (Å²) >= 11 is 3.21. The fourth-order valence-corrected chi connectivity index (χ4v) is 5.54. The van der Waals surface area contributed by atoms with Gasteiger partial charge in [0.25, 0.3) is 5.91 Å². The van der Waals surface area contributed by atoms with Crippen molar-refractivity contribution in [2.24, 2.45) is 0 Å². The number of piperidine rings is 1. The number of halogens is 3. The average Bonchev–Trinajstić information content (AvgIpc) is 3.50. The lowest BCUT2D eigenvalue weighted by Gasteiger charge is -2.38. The third-order valence-electron chi connectivity index (χ3n) is 5.45. The summed E-state index contributed by atoms with van der Waals surface area (Å²) in [6.07, 6.45) is -1.43. The zero-order valence-electron chi connectivity index (χ0n) is 17.1. The Morgan fingerprint density at radius 3 is 2.45 bits per heavy atom. The number of nitrogens with one attached hydrogen (secondary N) is 1. The van der Waals surface area contributed by atoms with Crippen LogP contribution in [0.3, 0.4) is 0 Å². The van der Waals surface area contributed by atoms with Gasteiger partial charge in [-0.15, -0.1) is 22.7 Å². The fraction of sp³-hybridized carbons (Fsp3) is 0.333. The van der Waals surface area contributed by atoms with Crippen LogP contribution >= 0.6 is 22.7 Å². The third-order valence-corrected chi connectivity index (χ3v) is 7.32. The van der Waals surface area contributed by atoms with Crippen molar-refractivity contribution in [1.82, 2.24) is 20.2 Å². The molecular formula is C21H19F3N4O3S2. The van der Waals surface area contributed by atoms with Crippen LogP contribution in [-0.4, -0.2) is 51.1 Å². The number of rotatable bonds is 3. The van der Waals surface area contributed by atoms with Crippen molar-refractivity contribution in [1.29, 1.82) is 0 Å². The number of amides is 1. The van der Waals surface area contributed by atoms with E-state index in [1.165, 1.54) is 11.3 Å². The molecule has 0 bridgehead atoms. The largest absolute Gasteiger partial charge is 0.490 e. The van der Waals surface area contributed by atoms with Crippen molar-refractivity contribution < 1.29 is 27.9 Å². The Hall–Kier alpha value is -2.83. The molecule has 2 aliphatic rings. The number of carboxylic acid groups (broad SMARTS) is 1. The van der Waals surface area contributed by atoms with E-state index in [1.54, 1.807) is 11.3 Å². The maximum atomic E-state index is 12.6. The van der Waals surface area contributed by atoms with Crippen molar-refractivity contribution in [2.75, 3.05) is 13.1 Å². The summed E-state index contributed by atoms with van der Waals surface area (Å²) in [6.45, 7) is 2.77. The van der Waals surface area contributed by atoms with Gasteiger partial charge in [-0.25, -0.2) is 14.8 Å². The molecule has 0 radical (unpaired) electrons. The predicted octanol–water partition coefficient (Wildman–Crippen LogP) is 4.13. The van der Waals surface area contributed by atoms with Gasteiger partial charge in [-0.3, -0.25) is 9.69 Å². The zero-order valence-corrected chi connectivity index (χ0v) is 18.8. The second kappa shape index (κ2) is 9.20. The van der Waals surface area contributed by atoms with Gasteiger partial charge >= 0.3 is 12.1 Å². The number of alkyl halides is 3. The van der Waals surface area contributed by atoms with Gasteiger partial charge in [-0.05, 0) is 12.8 Å². The summed E-state index contributed by atoms with van der Waals surface area (Å²) in [5.41, 5.74) is 1.74. The van der Waals surface area contributed by atoms with Crippen LogP contribution in [0.1, 0.15) is 33.2 Å². The number of thiazole rings is 2. The molecule has 4 heterocycles. The van der Waals surface area contributed by atoms with Crippen LogP contribution in [0.15, 0.2) is 41.9 Å². The number of carbonyl (C=O) groups excluding carboxylic acids is 1. The number of nitrogens with zero attached hydrogens (tertiary/aromatic N) is 3. The highest BCUT2D eigenvalue weighted by atomic mass is 32.1. The molecule has 1 fully saturated rings. The molecule has 3 aromatic rings. The topological polar surface area (TPSA) is 95.4 Å². The van der Waals surface area contributed by atoms with E-state index >= 15 is 0 Å². The first kappa shape index (κ1) is 23.3. The quantitative estimate of drug-likeness (QED) is 0.566. The van der Waals surface area contributed by atoms with Gasteiger partial charge in [-0.1, -0.05) is 30.3 Å². The molecule has 5 rings (SSSR count). The minimum atomic E-state index is -5.08. The first-order chi connectivity index (χ1) is 15.7. The molecule has 1 saturated heterocycles. The Kier molecular flexibility index (Phi) is 6.50. The molecule has 0 unspecified atom stereocenters. The maximum Gasteiger partial charge on any atom is 0.490 e. The molecule has 1 aromatic carbocycles. The third kappa shape index (κ3) is 5.07. The summed E-state index contributed by atoms with van der Waals surface area (Å²) in [4.78, 5) is 33.9. The van der Waals surface area contributed by atoms with Crippen LogP contribution in [0.4, 0.5) is 13.2 Å². The summed E-state index contributed by atoms with van der Waals surface area (Å²) < 4.78 is 31.7. The summed E-state index contributed by atoms with van der Waals surface area (Å²) in [7, 11) is 0. The molecule has 2 N–H and O–H groups in total. The number of hydrogen-bond donors (Lipinski definition) is 2. The Morgan fingerprint density at radius 1 is 1.21 bits per heavy atom. The second-order valence-corrected chi connectivity index (χ2v) is 9.58. The van der Waals surface area contributed by atoms with Gasteiger partial charge in [-0.2, -0.15) is 13.2 Å². The number of likely N-dealkylation sites (tertiary alicyclic amines) is 1. The Morgan fingerprint density at radius 2 is 1.88 bits per heavy atom. The highest BCUT2D eigenvalue weighted by Crippen LogP contribution is 2.43. The van der Waals surface area contributed by atoms with Crippen LogP contribution in [0.2, 0.25) is 0 Å². The average molecular weight is 497 g/mol. The first-order valence-electron chi connectivity index (χ1n) is 9.98. The minimum absolute atomic E-state index is 0.0352. The van der Waals surface area contributed by atoms with Gasteiger partial charge in [0, 0.05) is 30.2 Å². The molecule has 7 nitrogen and oxygen atoms in total. The molecule has 33 heavy (non-hydrogen) atoms. The Balaban J connectivity index is 0.000000325. The van der Waals surface area contributed by atoms with Crippen molar-refractivity contribution in [3.8, 4) is 10.6 Å². The number of carboxylic acids is 1. The number of benzene rings is 1. The van der Waals surface area contributed by atoms with E-state index in [0.717, 1.165) is 58.6 Å². The monoisotopic (exact) mass is 496 g/mol. The van der Waals surface area contributed by atoms with Gasteiger partial charge in [0.2, 0.25) is 0 Å². The Labute approximate surface area is 194 Å². The SMILES string of the molecule is O=C(O)C(F)(F)F.O=C1NC2(CCN(Cc3nccs3)CC2)c2nc(-c3ccccc3)sc21. The van der Waals surface area contributed by atoms with Gasteiger partial charge in [0.05, 0.1) is 17.8 Å². The lowest BCUT2D eigenvalue weighted by Crippen LogP contribution is -2.49. The van der Waals surface area contributed by atoms with Crippen LogP contribution in [0.25, 0.3) is 10.6 Å². The summed E-state index contributed by atoms with van der Waals surface area (Å²) in [5, 5.41) is 14.5. The van der Waals surface area contributed by atoms with E-state index in [-0.39, 0.29) is 11.4 Å². The Bertz CT molecular complexity index is 1130. The molecule has 1 amide bonds. The summed E-state index contributed by atoms with van der Waals surface area (Å²) in [5.74, 6) is -2.72. The lowest BCUT2D eigenvalue weighted by molar-refractivity contribution is -0.192. The van der Waals surface area contributed by atoms with Crippen molar-refractivity contribution in [3.05, 3.63) is 57.5 Å². The number of hydrogen-bond acceptors (Lipinski definition) is 7. The normalized spacial score (nSPS) is 17.2. The van der Waals surface area contributed by atoms with E-state index < -0.39 is 12.1 Å². The highest BCUT2D eigenvalue weighted by molar-refractivity contribution is 7.17.